The SMILES string of the molecule is CNC(=O)COCCCCCN1CCN(C)C(C2CN(CCCCOCC(=O)NC)CCN2C)C1. The van der Waals surface area contributed by atoms with E-state index in [4.69, 9.17) is 9.47 Å². The number of nitrogens with one attached hydrogen (secondary N) is 2. The Labute approximate surface area is 212 Å². The summed E-state index contributed by atoms with van der Waals surface area (Å²) < 4.78 is 10.8. The van der Waals surface area contributed by atoms with Crippen LogP contribution in [0, 0.1) is 0 Å². The Hall–Kier alpha value is -1.30. The molecule has 0 aliphatic carbocycles. The minimum atomic E-state index is -0.0653. The molecule has 10 nitrogen and oxygen atoms in total. The third-order valence-corrected chi connectivity index (χ3v) is 7.30. The van der Waals surface area contributed by atoms with E-state index in [0.29, 0.717) is 25.3 Å². The number of nitrogens with zero attached hydrogens (tertiary/aromatic N) is 4. The van der Waals surface area contributed by atoms with Gasteiger partial charge in [-0.1, -0.05) is 0 Å². The maximum atomic E-state index is 11.2. The summed E-state index contributed by atoms with van der Waals surface area (Å²) >= 11 is 0. The van der Waals surface area contributed by atoms with E-state index in [-0.39, 0.29) is 25.0 Å². The van der Waals surface area contributed by atoms with Gasteiger partial charge in [0.05, 0.1) is 0 Å². The normalized spacial score (nSPS) is 22.9. The summed E-state index contributed by atoms with van der Waals surface area (Å²) in [6.45, 7) is 10.6. The number of rotatable bonds is 16. The third-order valence-electron chi connectivity index (χ3n) is 7.30. The molecule has 2 N–H and O–H groups in total. The van der Waals surface area contributed by atoms with Gasteiger partial charge >= 0.3 is 0 Å². The van der Waals surface area contributed by atoms with Crippen molar-refractivity contribution in [3.05, 3.63) is 0 Å². The van der Waals surface area contributed by atoms with Gasteiger partial charge in [-0.15, -0.1) is 0 Å². The fourth-order valence-electron chi connectivity index (χ4n) is 4.89. The molecular formula is C25H50N6O4. The molecule has 0 aromatic rings. The molecule has 2 aliphatic rings. The van der Waals surface area contributed by atoms with Gasteiger partial charge in [0.25, 0.3) is 0 Å². The Morgan fingerprint density at radius 1 is 0.686 bits per heavy atom. The van der Waals surface area contributed by atoms with Crippen LogP contribution in [0.4, 0.5) is 0 Å². The zero-order valence-corrected chi connectivity index (χ0v) is 22.6. The average Bonchev–Trinajstić information content (AvgIpc) is 2.87. The molecule has 2 saturated heterocycles. The third kappa shape index (κ3) is 11.5. The van der Waals surface area contributed by atoms with E-state index in [2.05, 4.69) is 44.3 Å². The van der Waals surface area contributed by atoms with Crippen LogP contribution in [0.1, 0.15) is 32.1 Å². The first-order valence-electron chi connectivity index (χ1n) is 13.4. The number of hydrogen-bond donors (Lipinski definition) is 2. The van der Waals surface area contributed by atoms with E-state index >= 15 is 0 Å². The number of hydrogen-bond acceptors (Lipinski definition) is 8. The van der Waals surface area contributed by atoms with Crippen LogP contribution < -0.4 is 10.6 Å². The van der Waals surface area contributed by atoms with E-state index in [1.807, 2.05) is 0 Å². The first-order valence-corrected chi connectivity index (χ1v) is 13.4. The Morgan fingerprint density at radius 3 is 1.57 bits per heavy atom. The van der Waals surface area contributed by atoms with Crippen LogP contribution in [-0.2, 0) is 19.1 Å². The van der Waals surface area contributed by atoms with Crippen molar-refractivity contribution in [2.24, 2.45) is 0 Å². The predicted molar refractivity (Wildman–Crippen MR) is 139 cm³/mol. The minimum absolute atomic E-state index is 0.0633. The molecule has 2 fully saturated rings. The Bertz CT molecular complexity index is 611. The summed E-state index contributed by atoms with van der Waals surface area (Å²) in [6.07, 6.45) is 5.40. The molecule has 0 aromatic heterocycles. The zero-order valence-electron chi connectivity index (χ0n) is 22.6. The Balaban J connectivity index is 1.66. The fourth-order valence-corrected chi connectivity index (χ4v) is 4.89. The highest BCUT2D eigenvalue weighted by Crippen LogP contribution is 2.20. The summed E-state index contributed by atoms with van der Waals surface area (Å²) in [7, 11) is 7.82. The van der Waals surface area contributed by atoms with Gasteiger partial charge in [0.1, 0.15) is 13.2 Å². The first kappa shape index (κ1) is 29.9. The quantitative estimate of drug-likeness (QED) is 0.280. The van der Waals surface area contributed by atoms with Crippen LogP contribution in [0.3, 0.4) is 0 Å². The summed E-state index contributed by atoms with van der Waals surface area (Å²) in [4.78, 5) is 32.8. The Morgan fingerprint density at radius 2 is 1.11 bits per heavy atom. The van der Waals surface area contributed by atoms with Gasteiger partial charge in [-0.3, -0.25) is 19.4 Å². The van der Waals surface area contributed by atoms with E-state index in [0.717, 1.165) is 78.0 Å². The maximum Gasteiger partial charge on any atom is 0.245 e. The highest BCUT2D eigenvalue weighted by molar-refractivity contribution is 5.77. The molecule has 2 unspecified atom stereocenters. The summed E-state index contributed by atoms with van der Waals surface area (Å²) in [6, 6.07) is 1.09. The van der Waals surface area contributed by atoms with Crippen molar-refractivity contribution in [1.82, 2.24) is 30.2 Å². The van der Waals surface area contributed by atoms with E-state index in [9.17, 15) is 9.59 Å². The molecule has 204 valence electrons. The topological polar surface area (TPSA) is 89.6 Å². The van der Waals surface area contributed by atoms with E-state index in [1.165, 1.54) is 6.42 Å². The van der Waals surface area contributed by atoms with Gasteiger partial charge < -0.3 is 29.9 Å². The summed E-state index contributed by atoms with van der Waals surface area (Å²) in [5, 5.41) is 5.15. The molecule has 2 heterocycles. The average molecular weight is 499 g/mol. The van der Waals surface area contributed by atoms with Crippen LogP contribution in [0.25, 0.3) is 0 Å². The van der Waals surface area contributed by atoms with E-state index < -0.39 is 0 Å². The van der Waals surface area contributed by atoms with Crippen molar-refractivity contribution in [3.8, 4) is 0 Å². The zero-order chi connectivity index (χ0) is 25.5. The monoisotopic (exact) mass is 498 g/mol. The standard InChI is InChI=1S/C25H50N6O4/c1-26-24(32)20-34-16-8-5-6-10-30-14-12-28(3)22(18-30)23-19-31(15-13-29(23)4)11-7-9-17-35-21-25(33)27-2/h22-23H,5-21H2,1-4H3,(H,26,32)(H,27,33). The number of unbranched alkanes of at least 4 members (excludes halogenated alkanes) is 3. The second-order valence-corrected chi connectivity index (χ2v) is 9.92. The smallest absolute Gasteiger partial charge is 0.245 e. The van der Waals surface area contributed by atoms with Gasteiger partial charge in [-0.25, -0.2) is 0 Å². The predicted octanol–water partition coefficient (Wildman–Crippen LogP) is -0.306. The van der Waals surface area contributed by atoms with Gasteiger partial charge in [0.2, 0.25) is 11.8 Å². The maximum absolute atomic E-state index is 11.2. The molecule has 35 heavy (non-hydrogen) atoms. The van der Waals surface area contributed by atoms with Gasteiger partial charge in [-0.05, 0) is 59.3 Å². The van der Waals surface area contributed by atoms with Gasteiger partial charge in [-0.2, -0.15) is 0 Å². The lowest BCUT2D eigenvalue weighted by Gasteiger charge is -2.49. The summed E-state index contributed by atoms with van der Waals surface area (Å²) in [5.41, 5.74) is 0. The minimum Gasteiger partial charge on any atom is -0.372 e. The number of ether oxygens (including phenoxy) is 2. The Kier molecular flexibility index (Phi) is 14.7. The molecule has 0 spiro atoms. The van der Waals surface area contributed by atoms with Crippen LogP contribution in [-0.4, -0.2) is 150 Å². The van der Waals surface area contributed by atoms with Crippen LogP contribution >= 0.6 is 0 Å². The van der Waals surface area contributed by atoms with Crippen molar-refractivity contribution < 1.29 is 19.1 Å². The van der Waals surface area contributed by atoms with E-state index in [1.54, 1.807) is 14.1 Å². The number of likely N-dealkylation sites (N-methyl/N-ethyl adjacent to an activating group) is 4. The lowest BCUT2D eigenvalue weighted by Crippen LogP contribution is -2.65. The first-order chi connectivity index (χ1) is 16.9. The molecule has 2 amide bonds. The lowest BCUT2D eigenvalue weighted by molar-refractivity contribution is -0.125. The number of amides is 2. The van der Waals surface area contributed by atoms with Crippen molar-refractivity contribution in [2.45, 2.75) is 44.2 Å². The molecule has 0 saturated carbocycles. The lowest BCUT2D eigenvalue weighted by atomic mass is 9.99. The number of carbonyl (C=O) groups excluding carboxylic acids is 2. The van der Waals surface area contributed by atoms with Gasteiger partial charge in [0, 0.05) is 78.7 Å². The molecule has 2 atom stereocenters. The molecule has 10 heteroatoms. The molecule has 0 radical (unpaired) electrons. The van der Waals surface area contributed by atoms with Crippen molar-refractivity contribution in [2.75, 3.05) is 107 Å². The van der Waals surface area contributed by atoms with Crippen LogP contribution in [0.5, 0.6) is 0 Å². The second kappa shape index (κ2) is 17.2. The second-order valence-electron chi connectivity index (χ2n) is 9.92. The number of carbonyl (C=O) groups is 2. The molecule has 0 aromatic carbocycles. The van der Waals surface area contributed by atoms with Crippen molar-refractivity contribution in [1.29, 1.82) is 0 Å². The van der Waals surface area contributed by atoms with Crippen molar-refractivity contribution in [3.63, 3.8) is 0 Å². The fraction of sp³-hybridized carbons (Fsp3) is 0.920. The summed E-state index contributed by atoms with van der Waals surface area (Å²) in [5.74, 6) is -0.129. The van der Waals surface area contributed by atoms with Crippen molar-refractivity contribution >= 4 is 11.8 Å². The molecular weight excluding hydrogens is 448 g/mol. The molecule has 2 rings (SSSR count). The number of piperazine rings is 2. The van der Waals surface area contributed by atoms with Crippen LogP contribution in [0.15, 0.2) is 0 Å². The molecule has 0 bridgehead atoms. The largest absolute Gasteiger partial charge is 0.372 e. The molecule has 2 aliphatic heterocycles. The highest BCUT2D eigenvalue weighted by atomic mass is 16.5. The van der Waals surface area contributed by atoms with Gasteiger partial charge in [0.15, 0.2) is 0 Å². The van der Waals surface area contributed by atoms with Crippen LogP contribution in [0.2, 0.25) is 0 Å². The highest BCUT2D eigenvalue weighted by Gasteiger charge is 2.36.